The Labute approximate surface area is 162 Å². The lowest BCUT2D eigenvalue weighted by Crippen LogP contribution is -2.72. The highest BCUT2D eigenvalue weighted by atomic mass is 16.7. The van der Waals surface area contributed by atoms with Crippen LogP contribution in [-0.2, 0) is 18.9 Å². The average molecular weight is 386 g/mol. The van der Waals surface area contributed by atoms with E-state index in [2.05, 4.69) is 0 Å². The molecule has 0 aromatic rings. The van der Waals surface area contributed by atoms with Gasteiger partial charge in [-0.25, -0.2) is 4.79 Å². The van der Waals surface area contributed by atoms with Crippen molar-refractivity contribution in [2.45, 2.75) is 95.5 Å². The van der Waals surface area contributed by atoms with Crippen molar-refractivity contribution < 1.29 is 28.8 Å². The van der Waals surface area contributed by atoms with Crippen LogP contribution < -0.4 is 0 Å². The summed E-state index contributed by atoms with van der Waals surface area (Å²) in [7, 11) is 1.62. The number of hydrogen-bond acceptors (Lipinski definition) is 6. The fraction of sp³-hybridized carbons (Fsp3) is 0.950. The van der Waals surface area contributed by atoms with Crippen molar-refractivity contribution in [3.05, 3.63) is 0 Å². The van der Waals surface area contributed by atoms with E-state index in [1.54, 1.807) is 7.11 Å². The highest BCUT2D eigenvalue weighted by Crippen LogP contribution is 2.57. The van der Waals surface area contributed by atoms with Crippen LogP contribution >= 0.6 is 0 Å². The lowest BCUT2D eigenvalue weighted by molar-refractivity contribution is -0.397. The number of aliphatic hydroxyl groups is 1. The molecule has 0 unspecified atom stereocenters. The number of ether oxygens (including phenoxy) is 4. The number of carbonyl (C=O) groups is 1. The zero-order valence-corrected chi connectivity index (χ0v) is 17.7. The van der Waals surface area contributed by atoms with Crippen molar-refractivity contribution in [3.63, 3.8) is 0 Å². The molecular formula is C20H35NO6. The summed E-state index contributed by atoms with van der Waals surface area (Å²) in [5.41, 5.74) is -1.57. The molecule has 3 aliphatic rings. The van der Waals surface area contributed by atoms with Crippen molar-refractivity contribution in [3.8, 4) is 0 Å². The predicted octanol–water partition coefficient (Wildman–Crippen LogP) is 2.69. The molecule has 7 nitrogen and oxygen atoms in total. The van der Waals surface area contributed by atoms with Gasteiger partial charge in [0.2, 0.25) is 0 Å². The first-order valence-electron chi connectivity index (χ1n) is 9.91. The molecule has 156 valence electrons. The molecule has 0 bridgehead atoms. The van der Waals surface area contributed by atoms with E-state index in [0.717, 1.165) is 12.8 Å². The fourth-order valence-corrected chi connectivity index (χ4v) is 4.59. The molecule has 0 aromatic carbocycles. The molecule has 2 saturated heterocycles. The molecule has 1 aliphatic carbocycles. The van der Waals surface area contributed by atoms with Crippen LogP contribution in [-0.4, -0.2) is 71.1 Å². The number of carbonyl (C=O) groups excluding carboxylic acids is 1. The van der Waals surface area contributed by atoms with Crippen LogP contribution in [0.3, 0.4) is 0 Å². The number of hydrogen-bond donors (Lipinski definition) is 1. The Kier molecular flexibility index (Phi) is 5.07. The van der Waals surface area contributed by atoms with Gasteiger partial charge in [0, 0.05) is 19.6 Å². The fourth-order valence-electron chi connectivity index (χ4n) is 4.59. The van der Waals surface area contributed by atoms with Gasteiger partial charge in [0.05, 0.1) is 18.2 Å². The largest absolute Gasteiger partial charge is 0.444 e. The molecule has 2 aliphatic heterocycles. The Morgan fingerprint density at radius 1 is 1.22 bits per heavy atom. The number of rotatable bonds is 3. The Morgan fingerprint density at radius 3 is 2.33 bits per heavy atom. The first-order valence-corrected chi connectivity index (χ1v) is 9.91. The van der Waals surface area contributed by atoms with Crippen molar-refractivity contribution in [2.24, 2.45) is 5.92 Å². The summed E-state index contributed by atoms with van der Waals surface area (Å²) in [6.07, 6.45) is 1.47. The predicted molar refractivity (Wildman–Crippen MR) is 99.3 cm³/mol. The minimum absolute atomic E-state index is 0.0284. The van der Waals surface area contributed by atoms with Gasteiger partial charge in [0.15, 0.2) is 5.79 Å². The second-order valence-corrected chi connectivity index (χ2v) is 9.71. The quantitative estimate of drug-likeness (QED) is 0.805. The Balaban J connectivity index is 1.92. The third-order valence-corrected chi connectivity index (χ3v) is 6.46. The van der Waals surface area contributed by atoms with Crippen molar-refractivity contribution >= 4 is 6.09 Å². The van der Waals surface area contributed by atoms with Crippen LogP contribution in [0.1, 0.15) is 60.8 Å². The normalized spacial score (nSPS) is 37.0. The zero-order chi connectivity index (χ0) is 20.3. The monoisotopic (exact) mass is 385 g/mol. The van der Waals surface area contributed by atoms with Crippen molar-refractivity contribution in [2.75, 3.05) is 20.3 Å². The topological polar surface area (TPSA) is 77.5 Å². The van der Waals surface area contributed by atoms with Crippen LogP contribution in [0, 0.1) is 5.92 Å². The van der Waals surface area contributed by atoms with Crippen LogP contribution in [0.15, 0.2) is 0 Å². The van der Waals surface area contributed by atoms with Gasteiger partial charge in [-0.1, -0.05) is 0 Å². The molecule has 2 heterocycles. The third-order valence-electron chi connectivity index (χ3n) is 6.46. The van der Waals surface area contributed by atoms with Gasteiger partial charge in [-0.3, -0.25) is 4.90 Å². The maximum Gasteiger partial charge on any atom is 0.410 e. The number of aliphatic hydroxyl groups excluding tert-OH is 1. The first-order chi connectivity index (χ1) is 12.4. The van der Waals surface area contributed by atoms with Gasteiger partial charge < -0.3 is 24.1 Å². The molecule has 1 spiro atoms. The summed E-state index contributed by atoms with van der Waals surface area (Å²) in [5.74, 6) is -0.925. The molecule has 0 radical (unpaired) electrons. The lowest BCUT2D eigenvalue weighted by atomic mass is 9.78. The summed E-state index contributed by atoms with van der Waals surface area (Å²) in [6, 6.07) is 0. The minimum Gasteiger partial charge on any atom is -0.444 e. The van der Waals surface area contributed by atoms with E-state index >= 15 is 0 Å². The number of methoxy groups -OCH3 is 1. The average Bonchev–Trinajstić information content (AvgIpc) is 3.31. The number of fused-ring (bicyclic) bond motifs is 1. The molecule has 7 heteroatoms. The van der Waals surface area contributed by atoms with Crippen LogP contribution in [0.4, 0.5) is 4.79 Å². The standard InChI is InChI=1S/C20H35NO6/c1-17(2,3)27-16(23)21-12-14-15(13(8-11-22)20(21)9-10-20)26-19(6,24-7)18(4,5)25-14/h13-15,22H,8-12H2,1-7H3/t13-,14-,15-,19+/m1/s1. The Bertz CT molecular complexity index is 582. The van der Waals surface area contributed by atoms with Crippen molar-refractivity contribution in [1.82, 2.24) is 4.90 Å². The van der Waals surface area contributed by atoms with Crippen LogP contribution in [0.25, 0.3) is 0 Å². The van der Waals surface area contributed by atoms with E-state index in [9.17, 15) is 9.90 Å². The molecule has 1 amide bonds. The van der Waals surface area contributed by atoms with Crippen LogP contribution in [0.5, 0.6) is 0 Å². The minimum atomic E-state index is -0.897. The number of likely N-dealkylation sites (tertiary alicyclic amines) is 1. The SMILES string of the molecule is CO[C@@]1(C)O[C@@H]2[C@@H](CCO)C3(CC3)N(C(=O)OC(C)(C)C)C[C@H]2OC1(C)C. The van der Waals surface area contributed by atoms with Gasteiger partial charge in [-0.2, -0.15) is 0 Å². The molecule has 3 rings (SSSR count). The molecule has 27 heavy (non-hydrogen) atoms. The highest BCUT2D eigenvalue weighted by molar-refractivity contribution is 5.70. The molecule has 1 N–H and O–H groups in total. The summed E-state index contributed by atoms with van der Waals surface area (Å²) in [6.45, 7) is 11.8. The molecule has 4 atom stereocenters. The van der Waals surface area contributed by atoms with E-state index in [1.165, 1.54) is 0 Å². The zero-order valence-electron chi connectivity index (χ0n) is 17.7. The summed E-state index contributed by atoms with van der Waals surface area (Å²) in [4.78, 5) is 14.8. The summed E-state index contributed by atoms with van der Waals surface area (Å²) in [5, 5.41) is 9.71. The van der Waals surface area contributed by atoms with Crippen LogP contribution in [0.2, 0.25) is 0 Å². The number of nitrogens with zero attached hydrogens (tertiary/aromatic N) is 1. The Hall–Kier alpha value is -0.890. The Morgan fingerprint density at radius 2 is 1.85 bits per heavy atom. The van der Waals surface area contributed by atoms with Gasteiger partial charge in [-0.15, -0.1) is 0 Å². The maximum absolute atomic E-state index is 13.0. The van der Waals surface area contributed by atoms with Gasteiger partial charge in [0.25, 0.3) is 0 Å². The first kappa shape index (κ1) is 20.8. The molecule has 3 fully saturated rings. The van der Waals surface area contributed by atoms with Gasteiger partial charge in [-0.05, 0) is 60.8 Å². The summed E-state index contributed by atoms with van der Waals surface area (Å²) >= 11 is 0. The smallest absolute Gasteiger partial charge is 0.410 e. The number of piperidine rings is 1. The second-order valence-electron chi connectivity index (χ2n) is 9.71. The van der Waals surface area contributed by atoms with E-state index in [-0.39, 0.29) is 36.4 Å². The third kappa shape index (κ3) is 3.48. The van der Waals surface area contributed by atoms with E-state index < -0.39 is 17.0 Å². The molecular weight excluding hydrogens is 350 g/mol. The summed E-state index contributed by atoms with van der Waals surface area (Å²) < 4.78 is 24.2. The van der Waals surface area contributed by atoms with Gasteiger partial charge >= 0.3 is 6.09 Å². The molecule has 1 saturated carbocycles. The van der Waals surface area contributed by atoms with E-state index in [1.807, 2.05) is 46.4 Å². The second kappa shape index (κ2) is 6.58. The number of amides is 1. The highest BCUT2D eigenvalue weighted by Gasteiger charge is 2.67. The van der Waals surface area contributed by atoms with E-state index in [4.69, 9.17) is 18.9 Å². The molecule has 0 aromatic heterocycles. The van der Waals surface area contributed by atoms with Crippen molar-refractivity contribution in [1.29, 1.82) is 0 Å². The lowest BCUT2D eigenvalue weighted by Gasteiger charge is -2.58. The maximum atomic E-state index is 13.0. The van der Waals surface area contributed by atoms with E-state index in [0.29, 0.717) is 13.0 Å². The van der Waals surface area contributed by atoms with Gasteiger partial charge in [0.1, 0.15) is 17.3 Å².